The van der Waals surface area contributed by atoms with E-state index >= 15 is 0 Å². The number of aryl methyl sites for hydroxylation is 1. The molecule has 2 rings (SSSR count). The molecular weight excluding hydrogens is 282 g/mol. The monoisotopic (exact) mass is 305 g/mol. The summed E-state index contributed by atoms with van der Waals surface area (Å²) >= 11 is 0. The van der Waals surface area contributed by atoms with Crippen LogP contribution in [-0.4, -0.2) is 5.78 Å². The second-order valence-corrected chi connectivity index (χ2v) is 5.84. The van der Waals surface area contributed by atoms with Crippen molar-refractivity contribution in [2.45, 2.75) is 45.4 Å². The summed E-state index contributed by atoms with van der Waals surface area (Å²) in [5.41, 5.74) is 4.25. The van der Waals surface area contributed by atoms with Gasteiger partial charge in [-0.15, -0.1) is 0 Å². The molecule has 0 fully saturated rings. The van der Waals surface area contributed by atoms with Gasteiger partial charge in [-0.2, -0.15) is 5.26 Å². The first-order valence-electron chi connectivity index (χ1n) is 8.34. The minimum absolute atomic E-state index is 0.378. The van der Waals surface area contributed by atoms with Gasteiger partial charge in [0.25, 0.3) is 0 Å². The summed E-state index contributed by atoms with van der Waals surface area (Å²) in [6.45, 7) is 2.11. The molecule has 0 N–H and O–H groups in total. The number of carbonyl (C=O) groups excluding carboxylic acids is 1. The van der Waals surface area contributed by atoms with Crippen molar-refractivity contribution < 1.29 is 4.79 Å². The van der Waals surface area contributed by atoms with Crippen molar-refractivity contribution in [2.24, 2.45) is 0 Å². The molecule has 2 aromatic carbocycles. The van der Waals surface area contributed by atoms with E-state index in [2.05, 4.69) is 25.1 Å². The van der Waals surface area contributed by atoms with Crippen LogP contribution in [-0.2, 0) is 11.2 Å². The summed E-state index contributed by atoms with van der Waals surface area (Å²) in [5, 5.41) is 8.90. The van der Waals surface area contributed by atoms with Gasteiger partial charge in [-0.3, -0.25) is 4.79 Å². The highest BCUT2D eigenvalue weighted by atomic mass is 16.1. The average Bonchev–Trinajstić information content (AvgIpc) is 2.60. The molecule has 0 bridgehead atoms. The van der Waals surface area contributed by atoms with Gasteiger partial charge in [0.05, 0.1) is 11.6 Å². The lowest BCUT2D eigenvalue weighted by molar-refractivity contribution is -0.119. The molecule has 0 radical (unpaired) electrons. The molecule has 0 aromatic heterocycles. The highest BCUT2D eigenvalue weighted by Crippen LogP contribution is 2.25. The van der Waals surface area contributed by atoms with Crippen LogP contribution < -0.4 is 0 Å². The summed E-state index contributed by atoms with van der Waals surface area (Å²) < 4.78 is 0. The number of ketones is 1. The second kappa shape index (κ2) is 8.90. The summed E-state index contributed by atoms with van der Waals surface area (Å²) in [7, 11) is 0. The first-order valence-corrected chi connectivity index (χ1v) is 8.34. The smallest absolute Gasteiger partial charge is 0.132 e. The van der Waals surface area contributed by atoms with E-state index in [0.29, 0.717) is 24.2 Å². The van der Waals surface area contributed by atoms with E-state index in [1.165, 1.54) is 11.1 Å². The van der Waals surface area contributed by atoms with Crippen molar-refractivity contribution in [2.75, 3.05) is 0 Å². The maximum atomic E-state index is 11.8. The summed E-state index contributed by atoms with van der Waals surface area (Å²) in [6, 6.07) is 18.1. The zero-order valence-electron chi connectivity index (χ0n) is 13.7. The maximum absolute atomic E-state index is 11.8. The van der Waals surface area contributed by atoms with Gasteiger partial charge in [-0.25, -0.2) is 0 Å². The Morgan fingerprint density at radius 3 is 2.39 bits per heavy atom. The van der Waals surface area contributed by atoms with E-state index in [-0.39, 0.29) is 0 Å². The van der Waals surface area contributed by atoms with E-state index < -0.39 is 0 Å². The third kappa shape index (κ3) is 5.07. The van der Waals surface area contributed by atoms with Gasteiger partial charge < -0.3 is 0 Å². The van der Waals surface area contributed by atoms with Crippen LogP contribution in [0.4, 0.5) is 0 Å². The molecule has 0 atom stereocenters. The Kier molecular flexibility index (Phi) is 6.56. The number of hydrogen-bond donors (Lipinski definition) is 0. The molecule has 0 heterocycles. The van der Waals surface area contributed by atoms with Crippen LogP contribution in [0.2, 0.25) is 0 Å². The van der Waals surface area contributed by atoms with Gasteiger partial charge in [-0.1, -0.05) is 49.7 Å². The predicted octanol–water partition coefficient (Wildman–Crippen LogP) is 5.31. The summed E-state index contributed by atoms with van der Waals surface area (Å²) in [5.74, 6) is 0.378. The number of Topliss-reactive ketones (excluding diaryl/α,β-unsaturated/α-hetero) is 1. The van der Waals surface area contributed by atoms with Crippen LogP contribution >= 0.6 is 0 Å². The fourth-order valence-corrected chi connectivity index (χ4v) is 2.72. The standard InChI is InChI=1S/C21H23NO/c1-2-3-9-20(23)10-6-8-18-7-4-5-11-21(18)19-14-12-17(16-22)13-15-19/h4-5,7,11-15H,2-3,6,8-10H2,1H3. The molecule has 0 aliphatic heterocycles. The topological polar surface area (TPSA) is 40.9 Å². The molecule has 0 aliphatic rings. The number of unbranched alkanes of at least 4 members (excludes halogenated alkanes) is 1. The summed E-state index contributed by atoms with van der Waals surface area (Å²) in [4.78, 5) is 11.8. The molecule has 2 heteroatoms. The molecule has 2 nitrogen and oxygen atoms in total. The van der Waals surface area contributed by atoms with Crippen LogP contribution in [0.3, 0.4) is 0 Å². The SMILES string of the molecule is CCCCC(=O)CCCc1ccccc1-c1ccc(C#N)cc1. The molecule has 0 saturated carbocycles. The zero-order valence-corrected chi connectivity index (χ0v) is 13.7. The lowest BCUT2D eigenvalue weighted by Crippen LogP contribution is -1.99. The average molecular weight is 305 g/mol. The molecule has 0 aliphatic carbocycles. The Morgan fingerprint density at radius 1 is 1.00 bits per heavy atom. The second-order valence-electron chi connectivity index (χ2n) is 5.84. The minimum atomic E-state index is 0.378. The van der Waals surface area contributed by atoms with Crippen molar-refractivity contribution >= 4 is 5.78 Å². The number of nitrogens with zero attached hydrogens (tertiary/aromatic N) is 1. The predicted molar refractivity (Wildman–Crippen MR) is 94.1 cm³/mol. The number of carbonyl (C=O) groups is 1. The quantitative estimate of drug-likeness (QED) is 0.663. The fraction of sp³-hybridized carbons (Fsp3) is 0.333. The van der Waals surface area contributed by atoms with Gasteiger partial charge >= 0.3 is 0 Å². The van der Waals surface area contributed by atoms with Crippen molar-refractivity contribution in [1.82, 2.24) is 0 Å². The van der Waals surface area contributed by atoms with Crippen LogP contribution in [0.1, 0.15) is 50.2 Å². The molecule has 0 saturated heterocycles. The Hall–Kier alpha value is -2.40. The molecule has 23 heavy (non-hydrogen) atoms. The Labute approximate surface area is 138 Å². The van der Waals surface area contributed by atoms with Crippen LogP contribution in [0.15, 0.2) is 48.5 Å². The Bertz CT molecular complexity index is 680. The number of nitriles is 1. The lowest BCUT2D eigenvalue weighted by atomic mass is 9.95. The molecule has 118 valence electrons. The molecule has 2 aromatic rings. The third-order valence-electron chi connectivity index (χ3n) is 4.05. The maximum Gasteiger partial charge on any atom is 0.132 e. The van der Waals surface area contributed by atoms with Crippen molar-refractivity contribution in [3.05, 3.63) is 59.7 Å². The van der Waals surface area contributed by atoms with Crippen molar-refractivity contribution in [3.63, 3.8) is 0 Å². The molecule has 0 unspecified atom stereocenters. The number of hydrogen-bond acceptors (Lipinski definition) is 2. The number of benzene rings is 2. The van der Waals surface area contributed by atoms with Crippen LogP contribution in [0, 0.1) is 11.3 Å². The van der Waals surface area contributed by atoms with Crippen LogP contribution in [0.25, 0.3) is 11.1 Å². The first-order chi connectivity index (χ1) is 11.2. The Balaban J connectivity index is 2.03. The van der Waals surface area contributed by atoms with E-state index in [0.717, 1.165) is 31.2 Å². The van der Waals surface area contributed by atoms with Gasteiger partial charge in [0.2, 0.25) is 0 Å². The molecular formula is C21H23NO. The fourth-order valence-electron chi connectivity index (χ4n) is 2.72. The summed E-state index contributed by atoms with van der Waals surface area (Å²) in [6.07, 6.45) is 5.27. The zero-order chi connectivity index (χ0) is 16.5. The highest BCUT2D eigenvalue weighted by molar-refractivity contribution is 5.78. The highest BCUT2D eigenvalue weighted by Gasteiger charge is 2.06. The third-order valence-corrected chi connectivity index (χ3v) is 4.05. The van der Waals surface area contributed by atoms with Gasteiger partial charge in [0.15, 0.2) is 0 Å². The van der Waals surface area contributed by atoms with Gasteiger partial charge in [-0.05, 0) is 48.1 Å². The van der Waals surface area contributed by atoms with Crippen LogP contribution in [0.5, 0.6) is 0 Å². The van der Waals surface area contributed by atoms with E-state index in [9.17, 15) is 4.79 Å². The van der Waals surface area contributed by atoms with Crippen molar-refractivity contribution in [1.29, 1.82) is 5.26 Å². The van der Waals surface area contributed by atoms with Gasteiger partial charge in [0.1, 0.15) is 5.78 Å². The largest absolute Gasteiger partial charge is 0.300 e. The minimum Gasteiger partial charge on any atom is -0.300 e. The van der Waals surface area contributed by atoms with Gasteiger partial charge in [0, 0.05) is 12.8 Å². The van der Waals surface area contributed by atoms with E-state index in [1.807, 2.05) is 36.4 Å². The van der Waals surface area contributed by atoms with E-state index in [1.54, 1.807) is 0 Å². The van der Waals surface area contributed by atoms with Crippen molar-refractivity contribution in [3.8, 4) is 17.2 Å². The lowest BCUT2D eigenvalue weighted by Gasteiger charge is -2.10. The normalized spacial score (nSPS) is 10.3. The van der Waals surface area contributed by atoms with E-state index in [4.69, 9.17) is 5.26 Å². The Morgan fingerprint density at radius 2 is 1.70 bits per heavy atom. The molecule has 0 spiro atoms. The molecule has 0 amide bonds. The first kappa shape index (κ1) is 17.0. The number of rotatable bonds is 8.